The molecule has 0 radical (unpaired) electrons. The molecule has 0 spiro atoms. The summed E-state index contributed by atoms with van der Waals surface area (Å²) in [5.41, 5.74) is 3.14. The van der Waals surface area contributed by atoms with Crippen LogP contribution in [0.5, 0.6) is 0 Å². The topological polar surface area (TPSA) is 61.7 Å². The lowest BCUT2D eigenvalue weighted by atomic mass is 10.1. The van der Waals surface area contributed by atoms with Crippen molar-refractivity contribution in [3.05, 3.63) is 41.4 Å². The molecule has 1 heterocycles. The molecular weight excluding hydrogens is 352 g/mol. The summed E-state index contributed by atoms with van der Waals surface area (Å²) in [6, 6.07) is 5.85. The first kappa shape index (κ1) is 21.8. The van der Waals surface area contributed by atoms with Crippen LogP contribution in [-0.4, -0.2) is 48.8 Å². The van der Waals surface area contributed by atoms with E-state index < -0.39 is 0 Å². The maximum absolute atomic E-state index is 11.4. The predicted molar refractivity (Wildman–Crippen MR) is 114 cm³/mol. The van der Waals surface area contributed by atoms with Crippen LogP contribution in [0.25, 0.3) is 15.7 Å². The molecule has 1 amide bonds. The molecule has 1 saturated carbocycles. The van der Waals surface area contributed by atoms with Crippen molar-refractivity contribution in [2.24, 2.45) is 5.92 Å². The molecule has 2 atom stereocenters. The van der Waals surface area contributed by atoms with Gasteiger partial charge in [0.15, 0.2) is 5.69 Å². The van der Waals surface area contributed by atoms with Gasteiger partial charge in [0.1, 0.15) is 0 Å². The third-order valence-electron chi connectivity index (χ3n) is 5.02. The fourth-order valence-corrected chi connectivity index (χ4v) is 3.62. The number of rotatable bonds is 8. The van der Waals surface area contributed by atoms with Crippen molar-refractivity contribution < 1.29 is 9.53 Å². The highest BCUT2D eigenvalue weighted by molar-refractivity contribution is 5.87. The fourth-order valence-electron chi connectivity index (χ4n) is 3.62. The highest BCUT2D eigenvalue weighted by Crippen LogP contribution is 2.50. The lowest BCUT2D eigenvalue weighted by Crippen LogP contribution is -2.30. The summed E-state index contributed by atoms with van der Waals surface area (Å²) >= 11 is 0. The van der Waals surface area contributed by atoms with E-state index in [2.05, 4.69) is 33.3 Å². The molecule has 1 aromatic heterocycles. The first-order chi connectivity index (χ1) is 13.0. The number of fused-ring (bicyclic) bond motifs is 1. The van der Waals surface area contributed by atoms with Crippen molar-refractivity contribution in [3.63, 3.8) is 0 Å². The average Bonchev–Trinajstić information content (AvgIpc) is 3.24. The smallest absolute Gasteiger partial charge is 0.407 e. The first-order valence-electron chi connectivity index (χ1n) is 9.59. The number of aromatic amines is 1. The number of amides is 1. The Morgan fingerprint density at radius 2 is 2.25 bits per heavy atom. The Kier molecular flexibility index (Phi) is 7.47. The number of aromatic nitrogens is 1. The van der Waals surface area contributed by atoms with E-state index in [-0.39, 0.29) is 19.6 Å². The van der Waals surface area contributed by atoms with Gasteiger partial charge in [-0.15, -0.1) is 0 Å². The van der Waals surface area contributed by atoms with Crippen LogP contribution in [0.2, 0.25) is 0 Å². The molecule has 6 heteroatoms. The van der Waals surface area contributed by atoms with Crippen LogP contribution in [0.3, 0.4) is 0 Å². The maximum atomic E-state index is 11.4. The number of carbonyl (C=O) groups is 1. The Labute approximate surface area is 168 Å². The van der Waals surface area contributed by atoms with E-state index >= 15 is 0 Å². The number of nitrogens with one attached hydrogen (secondary N) is 2. The number of alkyl carbamates (subject to hydrolysis) is 1. The summed E-state index contributed by atoms with van der Waals surface area (Å²) in [4.78, 5) is 20.7. The zero-order valence-electron chi connectivity index (χ0n) is 16.3. The standard InChI is InChI=1S/C21H28N4O2.CH4/c1-14(2)27-21(26)23-8-5-9-25(4)13-15-10-17(15)19-12-24-20-7-6-16(22-3)11-18(19)20;/h6-7,11-12,14-15,17,24H,5,8-10,13H2,1-2,4H3,(H,23,26);1H4. The number of H-pyrrole nitrogens is 1. The highest BCUT2D eigenvalue weighted by Gasteiger charge is 2.39. The van der Waals surface area contributed by atoms with Crippen LogP contribution in [0.4, 0.5) is 10.5 Å². The molecule has 0 saturated heterocycles. The number of carbonyl (C=O) groups excluding carboxylic acids is 1. The second kappa shape index (κ2) is 9.61. The quantitative estimate of drug-likeness (QED) is 0.502. The summed E-state index contributed by atoms with van der Waals surface area (Å²) in [7, 11) is 2.13. The minimum Gasteiger partial charge on any atom is -0.447 e. The summed E-state index contributed by atoms with van der Waals surface area (Å²) < 4.78 is 5.05. The second-order valence-electron chi connectivity index (χ2n) is 7.68. The van der Waals surface area contributed by atoms with Crippen molar-refractivity contribution in [2.45, 2.75) is 46.1 Å². The summed E-state index contributed by atoms with van der Waals surface area (Å²) in [6.45, 7) is 13.5. The van der Waals surface area contributed by atoms with Crippen molar-refractivity contribution >= 4 is 22.7 Å². The van der Waals surface area contributed by atoms with Gasteiger partial charge >= 0.3 is 6.09 Å². The van der Waals surface area contributed by atoms with E-state index in [0.717, 1.165) is 25.0 Å². The summed E-state index contributed by atoms with van der Waals surface area (Å²) in [5, 5.41) is 3.97. The Hall–Kier alpha value is -2.52. The molecule has 2 aromatic rings. The Morgan fingerprint density at radius 3 is 2.96 bits per heavy atom. The van der Waals surface area contributed by atoms with Gasteiger partial charge in [-0.2, -0.15) is 0 Å². The molecule has 0 bridgehead atoms. The van der Waals surface area contributed by atoms with Gasteiger partial charge in [-0.3, -0.25) is 0 Å². The molecule has 152 valence electrons. The zero-order chi connectivity index (χ0) is 19.4. The third-order valence-corrected chi connectivity index (χ3v) is 5.02. The second-order valence-corrected chi connectivity index (χ2v) is 7.68. The molecule has 0 aliphatic heterocycles. The maximum Gasteiger partial charge on any atom is 0.407 e. The zero-order valence-corrected chi connectivity index (χ0v) is 16.3. The van der Waals surface area contributed by atoms with E-state index in [1.807, 2.05) is 32.0 Å². The number of benzene rings is 1. The summed E-state index contributed by atoms with van der Waals surface area (Å²) in [5.74, 6) is 1.23. The van der Waals surface area contributed by atoms with Gasteiger partial charge in [0.2, 0.25) is 0 Å². The normalized spacial score (nSPS) is 18.0. The molecule has 3 rings (SSSR count). The van der Waals surface area contributed by atoms with Gasteiger partial charge in [-0.25, -0.2) is 9.64 Å². The highest BCUT2D eigenvalue weighted by atomic mass is 16.6. The Balaban J connectivity index is 0.00000280. The van der Waals surface area contributed by atoms with Gasteiger partial charge in [-0.1, -0.05) is 13.5 Å². The lowest BCUT2D eigenvalue weighted by Gasteiger charge is -2.17. The van der Waals surface area contributed by atoms with Crippen LogP contribution in [-0.2, 0) is 4.74 Å². The Bertz CT molecular complexity index is 837. The minimum absolute atomic E-state index is 0. The third kappa shape index (κ3) is 5.49. The Morgan fingerprint density at radius 1 is 1.46 bits per heavy atom. The molecule has 2 unspecified atom stereocenters. The molecule has 2 N–H and O–H groups in total. The number of hydrogen-bond acceptors (Lipinski definition) is 3. The lowest BCUT2D eigenvalue weighted by molar-refractivity contribution is 0.115. The summed E-state index contributed by atoms with van der Waals surface area (Å²) in [6.07, 6.45) is 3.77. The van der Waals surface area contributed by atoms with Crippen molar-refractivity contribution in [3.8, 4) is 0 Å². The van der Waals surface area contributed by atoms with Crippen LogP contribution >= 0.6 is 0 Å². The molecule has 1 aliphatic rings. The monoisotopic (exact) mass is 384 g/mol. The number of ether oxygens (including phenoxy) is 1. The number of hydrogen-bond donors (Lipinski definition) is 2. The van der Waals surface area contributed by atoms with E-state index in [9.17, 15) is 4.79 Å². The van der Waals surface area contributed by atoms with Gasteiger partial charge in [0.25, 0.3) is 0 Å². The fraction of sp³-hybridized carbons (Fsp3) is 0.545. The van der Waals surface area contributed by atoms with E-state index in [0.29, 0.717) is 24.1 Å². The molecular formula is C22H32N4O2. The van der Waals surface area contributed by atoms with Crippen LogP contribution in [0.1, 0.15) is 45.6 Å². The molecule has 1 aliphatic carbocycles. The largest absolute Gasteiger partial charge is 0.447 e. The van der Waals surface area contributed by atoms with Crippen LogP contribution in [0.15, 0.2) is 24.4 Å². The van der Waals surface area contributed by atoms with Gasteiger partial charge in [0, 0.05) is 24.8 Å². The van der Waals surface area contributed by atoms with Gasteiger partial charge in [-0.05, 0) is 75.2 Å². The number of nitrogens with zero attached hydrogens (tertiary/aromatic N) is 2. The van der Waals surface area contributed by atoms with Crippen LogP contribution < -0.4 is 5.32 Å². The van der Waals surface area contributed by atoms with E-state index in [1.54, 1.807) is 0 Å². The molecule has 1 aromatic carbocycles. The van der Waals surface area contributed by atoms with Crippen molar-refractivity contribution in [1.29, 1.82) is 0 Å². The SMILES string of the molecule is C.[C-]#[N+]c1ccc2[nH]cc(C3CC3CN(C)CCCNC(=O)OC(C)C)c2c1. The first-order valence-corrected chi connectivity index (χ1v) is 9.59. The molecule has 1 fully saturated rings. The van der Waals surface area contributed by atoms with E-state index in [1.165, 1.54) is 17.4 Å². The van der Waals surface area contributed by atoms with Crippen molar-refractivity contribution in [2.75, 3.05) is 26.7 Å². The van der Waals surface area contributed by atoms with Gasteiger partial charge < -0.3 is 19.9 Å². The van der Waals surface area contributed by atoms with Crippen LogP contribution in [0, 0.1) is 12.5 Å². The van der Waals surface area contributed by atoms with E-state index in [4.69, 9.17) is 11.3 Å². The van der Waals surface area contributed by atoms with Gasteiger partial charge in [0.05, 0.1) is 12.7 Å². The average molecular weight is 385 g/mol. The molecule has 6 nitrogen and oxygen atoms in total. The molecule has 28 heavy (non-hydrogen) atoms. The minimum atomic E-state index is -0.340. The predicted octanol–water partition coefficient (Wildman–Crippen LogP) is 4.91. The van der Waals surface area contributed by atoms with Crippen molar-refractivity contribution in [1.82, 2.24) is 15.2 Å².